The molecule has 0 aliphatic heterocycles. The van der Waals surface area contributed by atoms with Crippen LogP contribution in [0.2, 0.25) is 0 Å². The van der Waals surface area contributed by atoms with Gasteiger partial charge in [-0.05, 0) is 24.0 Å². The molecule has 2 aromatic rings. The predicted molar refractivity (Wildman–Crippen MR) is 79.1 cm³/mol. The second kappa shape index (κ2) is 6.02. The Labute approximate surface area is 115 Å². The molecular weight excluding hydrogens is 234 g/mol. The molecule has 0 saturated heterocycles. The molecule has 0 amide bonds. The summed E-state index contributed by atoms with van der Waals surface area (Å²) in [4.78, 5) is 0. The summed E-state index contributed by atoms with van der Waals surface area (Å²) >= 11 is 0. The van der Waals surface area contributed by atoms with E-state index in [0.29, 0.717) is 0 Å². The van der Waals surface area contributed by atoms with Gasteiger partial charge in [0.1, 0.15) is 0 Å². The number of aryl methyl sites for hydroxylation is 3. The Morgan fingerprint density at radius 1 is 1.32 bits per heavy atom. The summed E-state index contributed by atoms with van der Waals surface area (Å²) < 4.78 is 1.85. The van der Waals surface area contributed by atoms with E-state index in [1.165, 1.54) is 11.1 Å². The second-order valence-corrected chi connectivity index (χ2v) is 5.03. The first-order valence-electron chi connectivity index (χ1n) is 7.02. The highest BCUT2D eigenvalue weighted by molar-refractivity contribution is 5.35. The van der Waals surface area contributed by atoms with Gasteiger partial charge in [-0.25, -0.2) is 0 Å². The number of aromatic nitrogens is 2. The number of nitrogens with two attached hydrogens (primary N) is 1. The van der Waals surface area contributed by atoms with E-state index < -0.39 is 0 Å². The van der Waals surface area contributed by atoms with Crippen LogP contribution in [0.15, 0.2) is 30.5 Å². The van der Waals surface area contributed by atoms with Crippen molar-refractivity contribution in [3.05, 3.63) is 52.8 Å². The van der Waals surface area contributed by atoms with Crippen LogP contribution < -0.4 is 5.73 Å². The highest BCUT2D eigenvalue weighted by Gasteiger charge is 2.15. The lowest BCUT2D eigenvalue weighted by molar-refractivity contribution is 0.746. The van der Waals surface area contributed by atoms with Crippen molar-refractivity contribution in [2.24, 2.45) is 12.8 Å². The lowest BCUT2D eigenvalue weighted by Crippen LogP contribution is -2.13. The monoisotopic (exact) mass is 257 g/mol. The smallest absolute Gasteiger partial charge is 0.0672 e. The fourth-order valence-corrected chi connectivity index (χ4v) is 2.50. The van der Waals surface area contributed by atoms with Crippen LogP contribution in [0, 0.1) is 0 Å². The van der Waals surface area contributed by atoms with Crippen molar-refractivity contribution in [3.8, 4) is 0 Å². The average Bonchev–Trinajstić information content (AvgIpc) is 2.80. The summed E-state index contributed by atoms with van der Waals surface area (Å²) in [5.41, 5.74) is 11.2. The third-order valence-electron chi connectivity index (χ3n) is 3.46. The van der Waals surface area contributed by atoms with Gasteiger partial charge in [-0.3, -0.25) is 4.68 Å². The molecule has 0 aliphatic carbocycles. The minimum Gasteiger partial charge on any atom is -0.320 e. The highest BCUT2D eigenvalue weighted by atomic mass is 15.3. The van der Waals surface area contributed by atoms with Crippen molar-refractivity contribution >= 4 is 0 Å². The lowest BCUT2D eigenvalue weighted by atomic mass is 9.96. The summed E-state index contributed by atoms with van der Waals surface area (Å²) in [7, 11) is 1.95. The van der Waals surface area contributed by atoms with Gasteiger partial charge in [0.05, 0.1) is 11.7 Å². The van der Waals surface area contributed by atoms with E-state index in [1.54, 1.807) is 0 Å². The fourth-order valence-electron chi connectivity index (χ4n) is 2.50. The van der Waals surface area contributed by atoms with Crippen LogP contribution in [0.1, 0.15) is 48.7 Å². The fraction of sp³-hybridized carbons (Fsp3) is 0.438. The summed E-state index contributed by atoms with van der Waals surface area (Å²) in [5, 5.41) is 4.47. The van der Waals surface area contributed by atoms with Crippen LogP contribution in [0.4, 0.5) is 0 Å². The van der Waals surface area contributed by atoms with Crippen LogP contribution in [0.3, 0.4) is 0 Å². The minimum absolute atomic E-state index is 0.0829. The van der Waals surface area contributed by atoms with Crippen molar-refractivity contribution < 1.29 is 0 Å². The van der Waals surface area contributed by atoms with Gasteiger partial charge in [-0.2, -0.15) is 5.10 Å². The van der Waals surface area contributed by atoms with Crippen molar-refractivity contribution in [1.82, 2.24) is 9.78 Å². The Morgan fingerprint density at radius 3 is 2.79 bits per heavy atom. The molecule has 2 N–H and O–H groups in total. The molecule has 3 nitrogen and oxygen atoms in total. The molecule has 3 heteroatoms. The van der Waals surface area contributed by atoms with Gasteiger partial charge >= 0.3 is 0 Å². The molecule has 1 aromatic heterocycles. The van der Waals surface area contributed by atoms with E-state index >= 15 is 0 Å². The van der Waals surface area contributed by atoms with Crippen molar-refractivity contribution in [3.63, 3.8) is 0 Å². The average molecular weight is 257 g/mol. The first kappa shape index (κ1) is 13.8. The van der Waals surface area contributed by atoms with Gasteiger partial charge in [0.15, 0.2) is 0 Å². The second-order valence-electron chi connectivity index (χ2n) is 5.03. The Balaban J connectivity index is 2.32. The lowest BCUT2D eigenvalue weighted by Gasteiger charge is -2.13. The van der Waals surface area contributed by atoms with E-state index in [9.17, 15) is 0 Å². The zero-order valence-corrected chi connectivity index (χ0v) is 12.1. The number of hydrogen-bond donors (Lipinski definition) is 1. The molecule has 1 heterocycles. The normalized spacial score (nSPS) is 12.6. The summed E-state index contributed by atoms with van der Waals surface area (Å²) in [6.07, 6.45) is 5.22. The van der Waals surface area contributed by atoms with Crippen LogP contribution in [-0.4, -0.2) is 9.78 Å². The molecule has 0 aliphatic rings. The van der Waals surface area contributed by atoms with Gasteiger partial charge < -0.3 is 5.73 Å². The van der Waals surface area contributed by atoms with E-state index in [1.807, 2.05) is 17.9 Å². The van der Waals surface area contributed by atoms with Crippen LogP contribution >= 0.6 is 0 Å². The first-order valence-corrected chi connectivity index (χ1v) is 7.02. The van der Waals surface area contributed by atoms with Crippen molar-refractivity contribution in [2.75, 3.05) is 0 Å². The predicted octanol–water partition coefficient (Wildman–Crippen LogP) is 2.98. The van der Waals surface area contributed by atoms with Gasteiger partial charge in [0.25, 0.3) is 0 Å². The zero-order valence-electron chi connectivity index (χ0n) is 12.1. The molecule has 0 spiro atoms. The van der Waals surface area contributed by atoms with E-state index in [-0.39, 0.29) is 6.04 Å². The van der Waals surface area contributed by atoms with Gasteiger partial charge in [-0.15, -0.1) is 0 Å². The standard InChI is InChI=1S/C16H23N3/c1-4-7-12-8-6-9-13(10-12)16(17)14-11-19(3)18-15(14)5-2/h6,8-11,16H,4-5,7,17H2,1-3H3. The zero-order chi connectivity index (χ0) is 13.8. The largest absolute Gasteiger partial charge is 0.320 e. The molecule has 0 radical (unpaired) electrons. The van der Waals surface area contributed by atoms with Crippen molar-refractivity contribution in [1.29, 1.82) is 0 Å². The molecular formula is C16H23N3. The third kappa shape index (κ3) is 3.04. The van der Waals surface area contributed by atoms with Gasteiger partial charge in [-0.1, -0.05) is 44.5 Å². The molecule has 0 saturated carbocycles. The van der Waals surface area contributed by atoms with E-state index in [0.717, 1.165) is 30.5 Å². The number of nitrogens with zero attached hydrogens (tertiary/aromatic N) is 2. The van der Waals surface area contributed by atoms with E-state index in [2.05, 4.69) is 43.2 Å². The topological polar surface area (TPSA) is 43.8 Å². The SMILES string of the molecule is CCCc1cccc(C(N)c2cn(C)nc2CC)c1. The highest BCUT2D eigenvalue weighted by Crippen LogP contribution is 2.23. The third-order valence-corrected chi connectivity index (χ3v) is 3.46. The summed E-state index contributed by atoms with van der Waals surface area (Å²) in [6, 6.07) is 8.52. The molecule has 0 bridgehead atoms. The van der Waals surface area contributed by atoms with Gasteiger partial charge in [0, 0.05) is 18.8 Å². The molecule has 102 valence electrons. The molecule has 0 fully saturated rings. The maximum Gasteiger partial charge on any atom is 0.0672 e. The Morgan fingerprint density at radius 2 is 2.11 bits per heavy atom. The number of hydrogen-bond acceptors (Lipinski definition) is 2. The Kier molecular flexibility index (Phi) is 4.38. The number of rotatable bonds is 5. The molecule has 1 atom stereocenters. The first-order chi connectivity index (χ1) is 9.15. The molecule has 1 aromatic carbocycles. The Hall–Kier alpha value is -1.61. The molecule has 2 rings (SSSR count). The molecule has 19 heavy (non-hydrogen) atoms. The summed E-state index contributed by atoms with van der Waals surface area (Å²) in [6.45, 7) is 4.31. The van der Waals surface area contributed by atoms with Crippen molar-refractivity contribution in [2.45, 2.75) is 39.2 Å². The van der Waals surface area contributed by atoms with E-state index in [4.69, 9.17) is 5.73 Å². The quantitative estimate of drug-likeness (QED) is 0.895. The maximum absolute atomic E-state index is 6.42. The summed E-state index contributed by atoms with van der Waals surface area (Å²) in [5.74, 6) is 0. The van der Waals surface area contributed by atoms with Crippen LogP contribution in [0.5, 0.6) is 0 Å². The minimum atomic E-state index is -0.0829. The Bertz CT molecular complexity index is 543. The number of benzene rings is 1. The van der Waals surface area contributed by atoms with Crippen LogP contribution in [0.25, 0.3) is 0 Å². The van der Waals surface area contributed by atoms with Gasteiger partial charge in [0.2, 0.25) is 0 Å². The maximum atomic E-state index is 6.42. The van der Waals surface area contributed by atoms with Crippen LogP contribution in [-0.2, 0) is 19.9 Å². The molecule has 1 unspecified atom stereocenters.